The van der Waals surface area contributed by atoms with Gasteiger partial charge in [0.15, 0.2) is 0 Å². The first-order chi connectivity index (χ1) is 6.15. The Kier molecular flexibility index (Phi) is 4.35. The fraction of sp³-hybridized carbons (Fsp3) is 0.667. The van der Waals surface area contributed by atoms with Crippen LogP contribution in [0.15, 0.2) is 9.98 Å². The van der Waals surface area contributed by atoms with E-state index in [-0.39, 0.29) is 0 Å². The minimum atomic E-state index is -0.406. The lowest BCUT2D eigenvalue weighted by atomic mass is 10.0. The van der Waals surface area contributed by atoms with Gasteiger partial charge in [-0.1, -0.05) is 20.3 Å². The van der Waals surface area contributed by atoms with Gasteiger partial charge in [-0.25, -0.2) is 4.98 Å². The minimum Gasteiger partial charge on any atom is -0.386 e. The van der Waals surface area contributed by atoms with Crippen molar-refractivity contribution in [1.29, 1.82) is 0 Å². The van der Waals surface area contributed by atoms with Gasteiger partial charge in [0.05, 0.1) is 0 Å². The van der Waals surface area contributed by atoms with E-state index >= 15 is 0 Å². The number of thiazole rings is 1. The quantitative estimate of drug-likeness (QED) is 0.904. The Labute approximate surface area is 91.1 Å². The van der Waals surface area contributed by atoms with Crippen LogP contribution in [-0.4, -0.2) is 10.1 Å². The lowest BCUT2D eigenvalue weighted by molar-refractivity contribution is 0.112. The molecule has 2 unspecified atom stereocenters. The molecule has 0 aliphatic rings. The van der Waals surface area contributed by atoms with Crippen LogP contribution < -0.4 is 0 Å². The van der Waals surface area contributed by atoms with Crippen LogP contribution in [0.25, 0.3) is 0 Å². The average molecular weight is 264 g/mol. The normalized spacial score (nSPS) is 15.7. The Hall–Kier alpha value is 0.0700. The summed E-state index contributed by atoms with van der Waals surface area (Å²) in [5.74, 6) is 0.294. The van der Waals surface area contributed by atoms with Gasteiger partial charge >= 0.3 is 0 Å². The van der Waals surface area contributed by atoms with Crippen LogP contribution in [0.5, 0.6) is 0 Å². The highest BCUT2D eigenvalue weighted by Crippen LogP contribution is 2.28. The molecule has 1 rings (SSSR count). The topological polar surface area (TPSA) is 33.1 Å². The predicted octanol–water partition coefficient (Wildman–Crippen LogP) is 3.38. The standard InChI is InChI=1S/C9H14BrNOS/c1-3-4-6(2)8(12)9-11-7(10)5-13-9/h5-6,8,12H,3-4H2,1-2H3. The zero-order valence-corrected chi connectivity index (χ0v) is 10.2. The zero-order chi connectivity index (χ0) is 9.84. The molecule has 0 amide bonds. The third-order valence-electron chi connectivity index (χ3n) is 2.03. The van der Waals surface area contributed by atoms with E-state index in [1.54, 1.807) is 0 Å². The SMILES string of the molecule is CCCC(C)C(O)c1nc(Br)cs1. The third kappa shape index (κ3) is 3.04. The van der Waals surface area contributed by atoms with Crippen LogP contribution in [0.2, 0.25) is 0 Å². The van der Waals surface area contributed by atoms with Gasteiger partial charge in [0.1, 0.15) is 15.7 Å². The smallest absolute Gasteiger partial charge is 0.123 e. The van der Waals surface area contributed by atoms with Crippen LogP contribution in [0.1, 0.15) is 37.8 Å². The van der Waals surface area contributed by atoms with Gasteiger partial charge in [-0.05, 0) is 28.3 Å². The summed E-state index contributed by atoms with van der Waals surface area (Å²) in [4.78, 5) is 4.20. The van der Waals surface area contributed by atoms with E-state index in [4.69, 9.17) is 0 Å². The van der Waals surface area contributed by atoms with Crippen molar-refractivity contribution in [3.8, 4) is 0 Å². The summed E-state index contributed by atoms with van der Waals surface area (Å²) >= 11 is 4.78. The Bertz CT molecular complexity index is 264. The van der Waals surface area contributed by atoms with E-state index in [1.807, 2.05) is 5.38 Å². The molecule has 13 heavy (non-hydrogen) atoms. The Morgan fingerprint density at radius 1 is 1.69 bits per heavy atom. The summed E-state index contributed by atoms with van der Waals surface area (Å²) in [5.41, 5.74) is 0. The van der Waals surface area contributed by atoms with E-state index in [2.05, 4.69) is 34.8 Å². The van der Waals surface area contributed by atoms with Crippen molar-refractivity contribution in [3.05, 3.63) is 15.0 Å². The molecule has 0 radical (unpaired) electrons. The number of hydrogen-bond acceptors (Lipinski definition) is 3. The fourth-order valence-corrected chi connectivity index (χ4v) is 2.64. The molecule has 4 heteroatoms. The van der Waals surface area contributed by atoms with Gasteiger partial charge in [-0.15, -0.1) is 11.3 Å². The molecular formula is C9H14BrNOS. The molecule has 1 aromatic rings. The summed E-state index contributed by atoms with van der Waals surface area (Å²) < 4.78 is 0.815. The van der Waals surface area contributed by atoms with Gasteiger partial charge < -0.3 is 5.11 Å². The van der Waals surface area contributed by atoms with Crippen LogP contribution in [-0.2, 0) is 0 Å². The number of halogens is 1. The molecule has 1 N–H and O–H groups in total. The maximum absolute atomic E-state index is 9.86. The molecule has 1 heterocycles. The molecule has 2 nitrogen and oxygen atoms in total. The second-order valence-electron chi connectivity index (χ2n) is 3.22. The van der Waals surface area contributed by atoms with Crippen LogP contribution in [0.4, 0.5) is 0 Å². The summed E-state index contributed by atoms with van der Waals surface area (Å²) in [6.07, 6.45) is 1.74. The second-order valence-corrected chi connectivity index (χ2v) is 4.92. The van der Waals surface area contributed by atoms with E-state index < -0.39 is 6.10 Å². The first kappa shape index (κ1) is 11.1. The number of aliphatic hydroxyl groups excluding tert-OH is 1. The van der Waals surface area contributed by atoms with Crippen LogP contribution >= 0.6 is 27.3 Å². The van der Waals surface area contributed by atoms with Gasteiger partial charge in [0.25, 0.3) is 0 Å². The van der Waals surface area contributed by atoms with E-state index in [9.17, 15) is 5.11 Å². The number of aromatic nitrogens is 1. The van der Waals surface area contributed by atoms with Crippen molar-refractivity contribution in [1.82, 2.24) is 4.98 Å². The fourth-order valence-electron chi connectivity index (χ4n) is 1.26. The molecule has 0 aliphatic heterocycles. The molecular weight excluding hydrogens is 250 g/mol. The molecule has 0 saturated heterocycles. The van der Waals surface area contributed by atoms with Crippen molar-refractivity contribution in [2.75, 3.05) is 0 Å². The lowest BCUT2D eigenvalue weighted by Crippen LogP contribution is -2.08. The first-order valence-electron chi connectivity index (χ1n) is 4.44. The van der Waals surface area contributed by atoms with E-state index in [0.717, 1.165) is 22.5 Å². The van der Waals surface area contributed by atoms with Gasteiger partial charge in [-0.2, -0.15) is 0 Å². The highest BCUT2D eigenvalue weighted by atomic mass is 79.9. The summed E-state index contributed by atoms with van der Waals surface area (Å²) in [7, 11) is 0. The second kappa shape index (κ2) is 5.08. The number of hydrogen-bond donors (Lipinski definition) is 1. The Balaban J connectivity index is 2.61. The third-order valence-corrected chi connectivity index (χ3v) is 3.65. The van der Waals surface area contributed by atoms with E-state index in [1.165, 1.54) is 11.3 Å². The van der Waals surface area contributed by atoms with Crippen molar-refractivity contribution in [2.45, 2.75) is 32.8 Å². The highest BCUT2D eigenvalue weighted by Gasteiger charge is 2.18. The average Bonchev–Trinajstić information content (AvgIpc) is 2.51. The predicted molar refractivity (Wildman–Crippen MR) is 58.8 cm³/mol. The van der Waals surface area contributed by atoms with Crippen LogP contribution in [0, 0.1) is 5.92 Å². The van der Waals surface area contributed by atoms with Crippen LogP contribution in [0.3, 0.4) is 0 Å². The number of aliphatic hydroxyl groups is 1. The number of rotatable bonds is 4. The monoisotopic (exact) mass is 263 g/mol. The Morgan fingerprint density at radius 3 is 2.85 bits per heavy atom. The largest absolute Gasteiger partial charge is 0.386 e. The highest BCUT2D eigenvalue weighted by molar-refractivity contribution is 9.10. The maximum Gasteiger partial charge on any atom is 0.123 e. The molecule has 2 atom stereocenters. The first-order valence-corrected chi connectivity index (χ1v) is 6.11. The van der Waals surface area contributed by atoms with Gasteiger partial charge in [0, 0.05) is 5.38 Å². The molecule has 0 aliphatic carbocycles. The summed E-state index contributed by atoms with van der Waals surface area (Å²) in [5, 5.41) is 12.6. The minimum absolute atomic E-state index is 0.294. The van der Waals surface area contributed by atoms with E-state index in [0.29, 0.717) is 5.92 Å². The molecule has 0 saturated carbocycles. The van der Waals surface area contributed by atoms with Crippen molar-refractivity contribution in [3.63, 3.8) is 0 Å². The molecule has 0 bridgehead atoms. The van der Waals surface area contributed by atoms with Crippen molar-refractivity contribution < 1.29 is 5.11 Å². The molecule has 0 fully saturated rings. The molecule has 1 aromatic heterocycles. The van der Waals surface area contributed by atoms with Gasteiger partial charge in [0.2, 0.25) is 0 Å². The van der Waals surface area contributed by atoms with Gasteiger partial charge in [-0.3, -0.25) is 0 Å². The summed E-state index contributed by atoms with van der Waals surface area (Å²) in [6.45, 7) is 4.18. The molecule has 0 aromatic carbocycles. The lowest BCUT2D eigenvalue weighted by Gasteiger charge is -2.15. The number of nitrogens with zero attached hydrogens (tertiary/aromatic N) is 1. The Morgan fingerprint density at radius 2 is 2.38 bits per heavy atom. The van der Waals surface area contributed by atoms with Crippen molar-refractivity contribution >= 4 is 27.3 Å². The zero-order valence-electron chi connectivity index (χ0n) is 7.83. The maximum atomic E-state index is 9.86. The summed E-state index contributed by atoms with van der Waals surface area (Å²) in [6, 6.07) is 0. The van der Waals surface area contributed by atoms with Crippen molar-refractivity contribution in [2.24, 2.45) is 5.92 Å². The molecule has 0 spiro atoms. The molecule has 74 valence electrons.